The first-order valence-electron chi connectivity index (χ1n) is 6.47. The highest BCUT2D eigenvalue weighted by Gasteiger charge is 2.36. The molecule has 100 valence electrons. The largest absolute Gasteiger partial charge is 0.393 e. The van der Waals surface area contributed by atoms with E-state index < -0.39 is 10.2 Å². The second-order valence-corrected chi connectivity index (χ2v) is 6.99. The molecule has 2 saturated heterocycles. The third-order valence-corrected chi connectivity index (χ3v) is 5.88. The van der Waals surface area contributed by atoms with Crippen LogP contribution in [0.4, 0.5) is 0 Å². The standard InChI is InChI=1S/C11H22N2O3S/c1-10-9-11(14)5-8-13(10)17(15,16)12-6-3-2-4-7-12/h10-11,14H,2-9H2,1H3. The zero-order valence-electron chi connectivity index (χ0n) is 10.4. The SMILES string of the molecule is CC1CC(O)CCN1S(=O)(=O)N1CCCCC1. The molecule has 2 rings (SSSR count). The zero-order chi connectivity index (χ0) is 12.5. The lowest BCUT2D eigenvalue weighted by Crippen LogP contribution is -2.52. The van der Waals surface area contributed by atoms with Crippen molar-refractivity contribution < 1.29 is 13.5 Å². The number of rotatable bonds is 2. The van der Waals surface area contributed by atoms with Crippen molar-refractivity contribution in [3.8, 4) is 0 Å². The Kier molecular flexibility index (Phi) is 4.07. The molecule has 2 aliphatic rings. The summed E-state index contributed by atoms with van der Waals surface area (Å²) in [6.07, 6.45) is 3.80. The van der Waals surface area contributed by atoms with Gasteiger partial charge in [-0.25, -0.2) is 0 Å². The van der Waals surface area contributed by atoms with E-state index in [-0.39, 0.29) is 12.1 Å². The number of nitrogens with zero attached hydrogens (tertiary/aromatic N) is 2. The lowest BCUT2D eigenvalue weighted by Gasteiger charge is -2.39. The van der Waals surface area contributed by atoms with Gasteiger partial charge in [-0.05, 0) is 32.6 Å². The summed E-state index contributed by atoms with van der Waals surface area (Å²) < 4.78 is 28.0. The second-order valence-electron chi connectivity index (χ2n) is 5.11. The van der Waals surface area contributed by atoms with Gasteiger partial charge in [-0.15, -0.1) is 0 Å². The van der Waals surface area contributed by atoms with Gasteiger partial charge in [0.1, 0.15) is 0 Å². The topological polar surface area (TPSA) is 60.9 Å². The summed E-state index contributed by atoms with van der Waals surface area (Å²) in [5.41, 5.74) is 0. The molecule has 0 amide bonds. The average Bonchev–Trinajstić information content (AvgIpc) is 2.29. The third kappa shape index (κ3) is 2.81. The van der Waals surface area contributed by atoms with Crippen LogP contribution in [0.15, 0.2) is 0 Å². The molecule has 0 bridgehead atoms. The molecule has 1 N–H and O–H groups in total. The van der Waals surface area contributed by atoms with Gasteiger partial charge in [0.25, 0.3) is 10.2 Å². The van der Waals surface area contributed by atoms with E-state index in [0.717, 1.165) is 19.3 Å². The lowest BCUT2D eigenvalue weighted by atomic mass is 10.0. The van der Waals surface area contributed by atoms with Crippen LogP contribution in [-0.4, -0.2) is 53.9 Å². The summed E-state index contributed by atoms with van der Waals surface area (Å²) in [7, 11) is -3.30. The highest BCUT2D eigenvalue weighted by molar-refractivity contribution is 7.86. The Morgan fingerprint density at radius 2 is 1.76 bits per heavy atom. The van der Waals surface area contributed by atoms with Crippen LogP contribution in [0, 0.1) is 0 Å². The Labute approximate surface area is 104 Å². The predicted octanol–water partition coefficient (Wildman–Crippen LogP) is 0.562. The van der Waals surface area contributed by atoms with E-state index in [2.05, 4.69) is 0 Å². The van der Waals surface area contributed by atoms with Gasteiger partial charge >= 0.3 is 0 Å². The molecule has 2 unspecified atom stereocenters. The summed E-state index contributed by atoms with van der Waals surface area (Å²) >= 11 is 0. The minimum Gasteiger partial charge on any atom is -0.393 e. The molecular weight excluding hydrogens is 240 g/mol. The van der Waals surface area contributed by atoms with Crippen LogP contribution in [0.1, 0.15) is 39.0 Å². The molecule has 0 aliphatic carbocycles. The molecule has 2 heterocycles. The van der Waals surface area contributed by atoms with Gasteiger partial charge < -0.3 is 5.11 Å². The monoisotopic (exact) mass is 262 g/mol. The number of piperidine rings is 2. The van der Waals surface area contributed by atoms with Crippen molar-refractivity contribution in [1.29, 1.82) is 0 Å². The number of hydrogen-bond acceptors (Lipinski definition) is 3. The summed E-state index contributed by atoms with van der Waals surface area (Å²) in [5, 5.41) is 9.54. The maximum Gasteiger partial charge on any atom is 0.282 e. The second kappa shape index (κ2) is 5.22. The van der Waals surface area contributed by atoms with E-state index >= 15 is 0 Å². The first-order chi connectivity index (χ1) is 8.01. The summed E-state index contributed by atoms with van der Waals surface area (Å²) in [4.78, 5) is 0. The van der Waals surface area contributed by atoms with E-state index in [0.29, 0.717) is 32.5 Å². The van der Waals surface area contributed by atoms with Crippen molar-refractivity contribution in [2.75, 3.05) is 19.6 Å². The van der Waals surface area contributed by atoms with E-state index in [1.807, 2.05) is 6.92 Å². The fourth-order valence-electron chi connectivity index (χ4n) is 2.71. The van der Waals surface area contributed by atoms with Gasteiger partial charge in [-0.1, -0.05) is 6.42 Å². The van der Waals surface area contributed by atoms with Crippen LogP contribution >= 0.6 is 0 Å². The van der Waals surface area contributed by atoms with Crippen molar-refractivity contribution in [3.05, 3.63) is 0 Å². The highest BCUT2D eigenvalue weighted by Crippen LogP contribution is 2.24. The maximum absolute atomic E-state index is 12.4. The van der Waals surface area contributed by atoms with E-state index in [1.54, 1.807) is 8.61 Å². The molecule has 2 aliphatic heterocycles. The van der Waals surface area contributed by atoms with Crippen LogP contribution < -0.4 is 0 Å². The molecular formula is C11H22N2O3S. The molecule has 0 spiro atoms. The first-order valence-corrected chi connectivity index (χ1v) is 7.86. The Hall–Kier alpha value is -0.170. The Morgan fingerprint density at radius 1 is 1.12 bits per heavy atom. The number of aliphatic hydroxyl groups excluding tert-OH is 1. The van der Waals surface area contributed by atoms with Crippen molar-refractivity contribution in [1.82, 2.24) is 8.61 Å². The zero-order valence-corrected chi connectivity index (χ0v) is 11.2. The van der Waals surface area contributed by atoms with Gasteiger partial charge in [0, 0.05) is 25.7 Å². The molecule has 2 atom stereocenters. The quantitative estimate of drug-likeness (QED) is 0.791. The van der Waals surface area contributed by atoms with Gasteiger partial charge in [0.15, 0.2) is 0 Å². The fourth-order valence-corrected chi connectivity index (χ4v) is 4.61. The van der Waals surface area contributed by atoms with Gasteiger partial charge in [-0.3, -0.25) is 0 Å². The Balaban J connectivity index is 2.08. The summed E-state index contributed by atoms with van der Waals surface area (Å²) in [6, 6.07) is -0.0920. The highest BCUT2D eigenvalue weighted by atomic mass is 32.2. The van der Waals surface area contributed by atoms with Gasteiger partial charge in [-0.2, -0.15) is 17.0 Å². The number of aliphatic hydroxyl groups is 1. The van der Waals surface area contributed by atoms with Crippen LogP contribution in [-0.2, 0) is 10.2 Å². The average molecular weight is 262 g/mol. The molecule has 0 saturated carbocycles. The molecule has 0 radical (unpaired) electrons. The van der Waals surface area contributed by atoms with Gasteiger partial charge in [0.2, 0.25) is 0 Å². The Morgan fingerprint density at radius 3 is 2.35 bits per heavy atom. The minimum atomic E-state index is -3.30. The first kappa shape index (κ1) is 13.3. The van der Waals surface area contributed by atoms with Crippen LogP contribution in [0.3, 0.4) is 0 Å². The number of hydrogen-bond donors (Lipinski definition) is 1. The smallest absolute Gasteiger partial charge is 0.282 e. The molecule has 5 nitrogen and oxygen atoms in total. The molecule has 0 aromatic rings. The lowest BCUT2D eigenvalue weighted by molar-refractivity contribution is 0.0832. The fraction of sp³-hybridized carbons (Fsp3) is 1.00. The normalized spacial score (nSPS) is 33.8. The third-order valence-electron chi connectivity index (χ3n) is 3.73. The molecule has 0 aromatic carbocycles. The van der Waals surface area contributed by atoms with Crippen molar-refractivity contribution in [3.63, 3.8) is 0 Å². The maximum atomic E-state index is 12.4. The molecule has 2 fully saturated rings. The minimum absolute atomic E-state index is 0.0920. The van der Waals surface area contributed by atoms with E-state index in [9.17, 15) is 13.5 Å². The Bertz CT molecular complexity index is 352. The predicted molar refractivity (Wildman–Crippen MR) is 65.8 cm³/mol. The summed E-state index contributed by atoms with van der Waals surface area (Å²) in [6.45, 7) is 3.62. The molecule has 17 heavy (non-hydrogen) atoms. The van der Waals surface area contributed by atoms with Crippen molar-refractivity contribution in [2.45, 2.75) is 51.2 Å². The van der Waals surface area contributed by atoms with Gasteiger partial charge in [0.05, 0.1) is 6.10 Å². The molecule has 6 heteroatoms. The molecule has 0 aromatic heterocycles. The van der Waals surface area contributed by atoms with Crippen molar-refractivity contribution in [2.24, 2.45) is 0 Å². The van der Waals surface area contributed by atoms with Crippen LogP contribution in [0.2, 0.25) is 0 Å². The van der Waals surface area contributed by atoms with Crippen molar-refractivity contribution >= 4 is 10.2 Å². The summed E-state index contributed by atoms with van der Waals surface area (Å²) in [5.74, 6) is 0. The van der Waals surface area contributed by atoms with Crippen LogP contribution in [0.5, 0.6) is 0 Å². The van der Waals surface area contributed by atoms with Crippen LogP contribution in [0.25, 0.3) is 0 Å². The van der Waals surface area contributed by atoms with E-state index in [1.165, 1.54) is 0 Å². The van der Waals surface area contributed by atoms with E-state index in [4.69, 9.17) is 0 Å².